The van der Waals surface area contributed by atoms with E-state index in [1.165, 1.54) is 18.2 Å². The molecule has 98 valence electrons. The van der Waals surface area contributed by atoms with Gasteiger partial charge in [0.15, 0.2) is 0 Å². The molecule has 5 nitrogen and oxygen atoms in total. The van der Waals surface area contributed by atoms with Crippen LogP contribution in [0.15, 0.2) is 24.3 Å². The fourth-order valence-electron chi connectivity index (χ4n) is 1.60. The number of phenols is 1. The first-order chi connectivity index (χ1) is 8.95. The van der Waals surface area contributed by atoms with Gasteiger partial charge < -0.3 is 5.11 Å². The molecule has 1 aromatic carbocycles. The number of carbonyl (C=O) groups is 1. The van der Waals surface area contributed by atoms with Crippen LogP contribution < -0.4 is 5.32 Å². The van der Waals surface area contributed by atoms with Crippen molar-refractivity contribution >= 4 is 23.5 Å². The Bertz CT molecular complexity index is 624. The van der Waals surface area contributed by atoms with E-state index in [-0.39, 0.29) is 22.6 Å². The molecular formula is C13H12ClN3O2. The van der Waals surface area contributed by atoms with E-state index in [4.69, 9.17) is 11.6 Å². The number of hydrogen-bond acceptors (Lipinski definition) is 4. The van der Waals surface area contributed by atoms with Gasteiger partial charge in [0, 0.05) is 17.0 Å². The number of nitrogens with one attached hydrogen (secondary N) is 1. The molecule has 1 amide bonds. The van der Waals surface area contributed by atoms with Crippen molar-refractivity contribution in [2.24, 2.45) is 0 Å². The average molecular weight is 278 g/mol. The van der Waals surface area contributed by atoms with E-state index in [0.717, 1.165) is 11.4 Å². The predicted molar refractivity (Wildman–Crippen MR) is 72.6 cm³/mol. The normalized spacial score (nSPS) is 10.3. The van der Waals surface area contributed by atoms with E-state index in [2.05, 4.69) is 15.3 Å². The summed E-state index contributed by atoms with van der Waals surface area (Å²) in [6, 6.07) is 6.03. The van der Waals surface area contributed by atoms with Crippen LogP contribution >= 0.6 is 11.6 Å². The summed E-state index contributed by atoms with van der Waals surface area (Å²) in [5.41, 5.74) is 1.86. The maximum Gasteiger partial charge on any atom is 0.258 e. The first kappa shape index (κ1) is 13.3. The zero-order valence-corrected chi connectivity index (χ0v) is 11.2. The number of aryl methyl sites for hydroxylation is 2. The first-order valence-electron chi connectivity index (χ1n) is 5.58. The molecule has 19 heavy (non-hydrogen) atoms. The van der Waals surface area contributed by atoms with Gasteiger partial charge in [0.2, 0.25) is 5.95 Å². The molecule has 0 bridgehead atoms. The van der Waals surface area contributed by atoms with Gasteiger partial charge >= 0.3 is 0 Å². The predicted octanol–water partition coefficient (Wildman–Crippen LogP) is 2.70. The minimum atomic E-state index is -0.382. The molecule has 2 rings (SSSR count). The second-order valence-corrected chi connectivity index (χ2v) is 4.50. The Morgan fingerprint density at radius 2 is 1.84 bits per heavy atom. The third-order valence-electron chi connectivity index (χ3n) is 2.42. The lowest BCUT2D eigenvalue weighted by Crippen LogP contribution is -2.14. The number of phenolic OH excluding ortho intramolecular Hbond substituents is 1. The summed E-state index contributed by atoms with van der Waals surface area (Å²) >= 11 is 5.75. The lowest BCUT2D eigenvalue weighted by atomic mass is 10.2. The number of rotatable bonds is 2. The van der Waals surface area contributed by atoms with Crippen LogP contribution in [0.3, 0.4) is 0 Å². The lowest BCUT2D eigenvalue weighted by molar-refractivity contribution is 0.102. The van der Waals surface area contributed by atoms with Gasteiger partial charge in [0.1, 0.15) is 5.75 Å². The molecule has 0 fully saturated rings. The van der Waals surface area contributed by atoms with Crippen LogP contribution in [-0.4, -0.2) is 21.0 Å². The molecule has 0 unspecified atom stereocenters. The third kappa shape index (κ3) is 3.20. The van der Waals surface area contributed by atoms with Gasteiger partial charge in [-0.05, 0) is 38.1 Å². The van der Waals surface area contributed by atoms with Crippen LogP contribution in [0.2, 0.25) is 5.02 Å². The molecule has 0 aliphatic heterocycles. The van der Waals surface area contributed by atoms with Crippen molar-refractivity contribution in [1.29, 1.82) is 0 Å². The average Bonchev–Trinajstić information content (AvgIpc) is 2.31. The Kier molecular flexibility index (Phi) is 3.66. The van der Waals surface area contributed by atoms with E-state index in [1.54, 1.807) is 0 Å². The van der Waals surface area contributed by atoms with Crippen LogP contribution in [-0.2, 0) is 0 Å². The molecule has 0 atom stereocenters. The number of hydrogen-bond donors (Lipinski definition) is 2. The highest BCUT2D eigenvalue weighted by atomic mass is 35.5. The highest BCUT2D eigenvalue weighted by molar-refractivity contribution is 6.32. The summed E-state index contributed by atoms with van der Waals surface area (Å²) in [7, 11) is 0. The van der Waals surface area contributed by atoms with E-state index in [9.17, 15) is 9.90 Å². The number of aromatic hydroxyl groups is 1. The van der Waals surface area contributed by atoms with Crippen LogP contribution in [0.5, 0.6) is 5.75 Å². The Labute approximate surface area is 115 Å². The number of anilines is 1. The smallest absolute Gasteiger partial charge is 0.258 e. The highest BCUT2D eigenvalue weighted by Gasteiger charge is 2.10. The molecule has 0 spiro atoms. The molecule has 1 aromatic heterocycles. The topological polar surface area (TPSA) is 75.1 Å². The van der Waals surface area contributed by atoms with Crippen LogP contribution in [0, 0.1) is 13.8 Å². The van der Waals surface area contributed by atoms with Gasteiger partial charge in [0.25, 0.3) is 5.91 Å². The van der Waals surface area contributed by atoms with Crippen molar-refractivity contribution < 1.29 is 9.90 Å². The van der Waals surface area contributed by atoms with Crippen molar-refractivity contribution in [3.05, 3.63) is 46.2 Å². The van der Waals surface area contributed by atoms with Gasteiger partial charge in [-0.25, -0.2) is 9.97 Å². The second kappa shape index (κ2) is 5.24. The number of aromatic nitrogens is 2. The first-order valence-corrected chi connectivity index (χ1v) is 5.95. The van der Waals surface area contributed by atoms with E-state index < -0.39 is 0 Å². The van der Waals surface area contributed by atoms with Crippen molar-refractivity contribution in [2.45, 2.75) is 13.8 Å². The molecule has 0 aliphatic rings. The molecule has 0 saturated carbocycles. The molecule has 2 N–H and O–H groups in total. The zero-order valence-electron chi connectivity index (χ0n) is 10.4. The maximum atomic E-state index is 12.0. The van der Waals surface area contributed by atoms with Crippen molar-refractivity contribution in [3.8, 4) is 5.75 Å². The molecule has 0 saturated heterocycles. The van der Waals surface area contributed by atoms with Gasteiger partial charge in [-0.2, -0.15) is 0 Å². The monoisotopic (exact) mass is 277 g/mol. The fraction of sp³-hybridized carbons (Fsp3) is 0.154. The summed E-state index contributed by atoms with van der Waals surface area (Å²) in [5.74, 6) is -0.209. The van der Waals surface area contributed by atoms with Crippen molar-refractivity contribution in [2.75, 3.05) is 5.32 Å². The van der Waals surface area contributed by atoms with Crippen molar-refractivity contribution in [1.82, 2.24) is 9.97 Å². The number of amides is 1. The molecular weight excluding hydrogens is 266 g/mol. The number of carbonyl (C=O) groups excluding carboxylic acids is 1. The molecule has 2 aromatic rings. The number of halogens is 1. The molecule has 0 aliphatic carbocycles. The standard InChI is InChI=1S/C13H12ClN3O2/c1-7-5-8(2)16-13(15-7)17-12(19)9-3-4-11(18)10(14)6-9/h3-6,18H,1-2H3,(H,15,16,17,19). The second-order valence-electron chi connectivity index (χ2n) is 4.09. The van der Waals surface area contributed by atoms with Crippen molar-refractivity contribution in [3.63, 3.8) is 0 Å². The van der Waals surface area contributed by atoms with Gasteiger partial charge in [0.05, 0.1) is 5.02 Å². The van der Waals surface area contributed by atoms with Gasteiger partial charge in [-0.1, -0.05) is 11.6 Å². The Morgan fingerprint density at radius 1 is 1.21 bits per heavy atom. The molecule has 0 radical (unpaired) electrons. The van der Waals surface area contributed by atoms with Gasteiger partial charge in [-0.15, -0.1) is 0 Å². The third-order valence-corrected chi connectivity index (χ3v) is 2.72. The van der Waals surface area contributed by atoms with E-state index in [1.807, 2.05) is 19.9 Å². The quantitative estimate of drug-likeness (QED) is 0.885. The maximum absolute atomic E-state index is 12.0. The minimum absolute atomic E-state index is 0.0686. The Morgan fingerprint density at radius 3 is 2.42 bits per heavy atom. The summed E-state index contributed by atoms with van der Waals surface area (Å²) in [4.78, 5) is 20.2. The fourth-order valence-corrected chi connectivity index (χ4v) is 1.78. The zero-order chi connectivity index (χ0) is 14.0. The molecule has 1 heterocycles. The number of benzene rings is 1. The number of nitrogens with zero attached hydrogens (tertiary/aromatic N) is 2. The Balaban J connectivity index is 2.22. The summed E-state index contributed by atoms with van der Waals surface area (Å²) in [6.45, 7) is 3.64. The highest BCUT2D eigenvalue weighted by Crippen LogP contribution is 2.23. The van der Waals surface area contributed by atoms with Gasteiger partial charge in [-0.3, -0.25) is 10.1 Å². The summed E-state index contributed by atoms with van der Waals surface area (Å²) in [5, 5.41) is 12.0. The SMILES string of the molecule is Cc1cc(C)nc(NC(=O)c2ccc(O)c(Cl)c2)n1. The summed E-state index contributed by atoms with van der Waals surface area (Å²) < 4.78 is 0. The largest absolute Gasteiger partial charge is 0.506 e. The van der Waals surface area contributed by atoms with Crippen LogP contribution in [0.4, 0.5) is 5.95 Å². The van der Waals surface area contributed by atoms with Crippen LogP contribution in [0.1, 0.15) is 21.7 Å². The van der Waals surface area contributed by atoms with E-state index in [0.29, 0.717) is 5.56 Å². The Hall–Kier alpha value is -2.14. The van der Waals surface area contributed by atoms with E-state index >= 15 is 0 Å². The lowest BCUT2D eigenvalue weighted by Gasteiger charge is -2.06. The minimum Gasteiger partial charge on any atom is -0.506 e. The molecule has 6 heteroatoms. The summed E-state index contributed by atoms with van der Waals surface area (Å²) in [6.07, 6.45) is 0. The van der Waals surface area contributed by atoms with Crippen LogP contribution in [0.25, 0.3) is 0 Å².